The third-order valence-electron chi connectivity index (χ3n) is 4.54. The summed E-state index contributed by atoms with van der Waals surface area (Å²) in [5.74, 6) is 0.952. The first-order valence-corrected chi connectivity index (χ1v) is 8.04. The van der Waals surface area contributed by atoms with Gasteiger partial charge in [-0.2, -0.15) is 5.10 Å². The van der Waals surface area contributed by atoms with E-state index >= 15 is 0 Å². The number of rotatable bonds is 2. The number of nitrogens with one attached hydrogen (secondary N) is 1. The van der Waals surface area contributed by atoms with Crippen LogP contribution in [0, 0.1) is 0 Å². The van der Waals surface area contributed by atoms with E-state index in [1.807, 2.05) is 47.2 Å². The summed E-state index contributed by atoms with van der Waals surface area (Å²) in [6.07, 6.45) is 6.50. The van der Waals surface area contributed by atoms with Crippen molar-refractivity contribution in [2.24, 2.45) is 0 Å². The fraction of sp³-hybridized carbons (Fsp3) is 0.167. The highest BCUT2D eigenvalue weighted by molar-refractivity contribution is 5.53. The molecule has 0 bridgehead atoms. The van der Waals surface area contributed by atoms with Gasteiger partial charge in [-0.25, -0.2) is 14.5 Å². The first kappa shape index (κ1) is 13.3. The van der Waals surface area contributed by atoms with Gasteiger partial charge in [-0.1, -0.05) is 12.1 Å². The zero-order chi connectivity index (χ0) is 15.9. The highest BCUT2D eigenvalue weighted by Gasteiger charge is 2.33. The number of imidazole rings is 1. The van der Waals surface area contributed by atoms with E-state index in [4.69, 9.17) is 5.10 Å². The number of aromatic nitrogens is 5. The van der Waals surface area contributed by atoms with Crippen molar-refractivity contribution < 1.29 is 0 Å². The van der Waals surface area contributed by atoms with Crippen LogP contribution in [0.25, 0.3) is 5.52 Å². The van der Waals surface area contributed by atoms with Crippen LogP contribution >= 0.6 is 0 Å². The second-order valence-electron chi connectivity index (χ2n) is 5.94. The van der Waals surface area contributed by atoms with E-state index in [1.54, 1.807) is 6.33 Å². The molecule has 6 heteroatoms. The summed E-state index contributed by atoms with van der Waals surface area (Å²) >= 11 is 0. The standard InChI is InChI=1S/C18H16N6/c1-3-8-19-16(6-1)23-10-7-14-17(21-12-20-14)18(23)15-11-13-5-2-4-9-24(13)22-15/h1-6,8-9,11-12,18H,7,10H2,(H,20,21)/t18-/m0/s1. The lowest BCUT2D eigenvalue weighted by Crippen LogP contribution is -2.37. The van der Waals surface area contributed by atoms with Gasteiger partial charge < -0.3 is 9.88 Å². The van der Waals surface area contributed by atoms with Crippen molar-refractivity contribution in [1.82, 2.24) is 24.6 Å². The first-order chi connectivity index (χ1) is 11.9. The molecular formula is C18H16N6. The Morgan fingerprint density at radius 2 is 2.04 bits per heavy atom. The van der Waals surface area contributed by atoms with Gasteiger partial charge in [0, 0.05) is 31.1 Å². The van der Waals surface area contributed by atoms with Crippen molar-refractivity contribution in [3.63, 3.8) is 0 Å². The molecule has 0 amide bonds. The molecule has 0 unspecified atom stereocenters. The minimum Gasteiger partial charge on any atom is -0.348 e. The summed E-state index contributed by atoms with van der Waals surface area (Å²) in [4.78, 5) is 14.7. The second kappa shape index (κ2) is 5.19. The minimum atomic E-state index is -0.0326. The van der Waals surface area contributed by atoms with E-state index in [2.05, 4.69) is 32.0 Å². The summed E-state index contributed by atoms with van der Waals surface area (Å²) in [5, 5.41) is 4.78. The third kappa shape index (κ3) is 2.00. The number of nitrogens with zero attached hydrogens (tertiary/aromatic N) is 5. The first-order valence-electron chi connectivity index (χ1n) is 8.04. The topological polar surface area (TPSA) is 62.1 Å². The molecule has 0 radical (unpaired) electrons. The zero-order valence-corrected chi connectivity index (χ0v) is 13.0. The molecule has 118 valence electrons. The van der Waals surface area contributed by atoms with E-state index in [0.29, 0.717) is 0 Å². The molecule has 5 heterocycles. The molecule has 4 aromatic heterocycles. The predicted octanol–water partition coefficient (Wildman–Crippen LogP) is 2.60. The van der Waals surface area contributed by atoms with Crippen LogP contribution in [0.15, 0.2) is 61.2 Å². The molecule has 1 N–H and O–H groups in total. The van der Waals surface area contributed by atoms with Gasteiger partial charge in [-0.05, 0) is 30.3 Å². The molecule has 0 aromatic carbocycles. The van der Waals surface area contributed by atoms with Gasteiger partial charge in [-0.3, -0.25) is 0 Å². The van der Waals surface area contributed by atoms with Crippen LogP contribution in [0.1, 0.15) is 23.1 Å². The molecule has 0 fully saturated rings. The number of pyridine rings is 2. The van der Waals surface area contributed by atoms with Gasteiger partial charge in [-0.15, -0.1) is 0 Å². The van der Waals surface area contributed by atoms with Crippen LogP contribution in [0.3, 0.4) is 0 Å². The van der Waals surface area contributed by atoms with Crippen molar-refractivity contribution in [3.8, 4) is 0 Å². The molecular weight excluding hydrogens is 300 g/mol. The molecule has 5 rings (SSSR count). The molecule has 1 aliphatic rings. The Bertz CT molecular complexity index is 954. The maximum atomic E-state index is 4.78. The highest BCUT2D eigenvalue weighted by Crippen LogP contribution is 2.35. The Kier molecular flexibility index (Phi) is 2.88. The molecule has 6 nitrogen and oxygen atoms in total. The van der Waals surface area contributed by atoms with Crippen molar-refractivity contribution >= 4 is 11.3 Å². The summed E-state index contributed by atoms with van der Waals surface area (Å²) < 4.78 is 1.91. The smallest absolute Gasteiger partial charge is 0.129 e. The number of aromatic amines is 1. The maximum Gasteiger partial charge on any atom is 0.129 e. The van der Waals surface area contributed by atoms with Crippen LogP contribution in [0.5, 0.6) is 0 Å². The van der Waals surface area contributed by atoms with Gasteiger partial charge in [0.2, 0.25) is 0 Å². The van der Waals surface area contributed by atoms with Crippen molar-refractivity contribution in [2.75, 3.05) is 11.4 Å². The molecule has 0 saturated carbocycles. The number of fused-ring (bicyclic) bond motifs is 2. The van der Waals surface area contributed by atoms with E-state index < -0.39 is 0 Å². The van der Waals surface area contributed by atoms with Crippen LogP contribution < -0.4 is 4.90 Å². The number of anilines is 1. The van der Waals surface area contributed by atoms with Gasteiger partial charge in [0.25, 0.3) is 0 Å². The minimum absolute atomic E-state index is 0.0326. The van der Waals surface area contributed by atoms with E-state index in [9.17, 15) is 0 Å². The summed E-state index contributed by atoms with van der Waals surface area (Å²) in [6.45, 7) is 0.880. The second-order valence-corrected chi connectivity index (χ2v) is 5.94. The average molecular weight is 316 g/mol. The Balaban J connectivity index is 1.68. The lowest BCUT2D eigenvalue weighted by molar-refractivity contribution is 0.610. The van der Waals surface area contributed by atoms with E-state index in [1.165, 1.54) is 5.69 Å². The third-order valence-corrected chi connectivity index (χ3v) is 4.54. The number of hydrogen-bond acceptors (Lipinski definition) is 4. The molecule has 4 aromatic rings. The van der Waals surface area contributed by atoms with Crippen molar-refractivity contribution in [2.45, 2.75) is 12.5 Å². The van der Waals surface area contributed by atoms with E-state index in [-0.39, 0.29) is 6.04 Å². The predicted molar refractivity (Wildman–Crippen MR) is 90.9 cm³/mol. The number of hydrogen-bond donors (Lipinski definition) is 1. The Hall–Kier alpha value is -3.15. The maximum absolute atomic E-state index is 4.78. The lowest BCUT2D eigenvalue weighted by Gasteiger charge is -2.34. The number of H-pyrrole nitrogens is 1. The highest BCUT2D eigenvalue weighted by atomic mass is 15.3. The van der Waals surface area contributed by atoms with Crippen LogP contribution in [-0.4, -0.2) is 31.1 Å². The largest absolute Gasteiger partial charge is 0.348 e. The van der Waals surface area contributed by atoms with Crippen molar-refractivity contribution in [3.05, 3.63) is 78.3 Å². The molecule has 24 heavy (non-hydrogen) atoms. The molecule has 0 spiro atoms. The zero-order valence-electron chi connectivity index (χ0n) is 13.0. The molecule has 1 atom stereocenters. The molecule has 0 saturated heterocycles. The summed E-state index contributed by atoms with van der Waals surface area (Å²) in [5.41, 5.74) is 4.29. The molecule has 0 aliphatic carbocycles. The SMILES string of the molecule is c1ccc(N2CCc3[nH]cnc3[C@@H]2c2cc3ccccn3n2)nc1. The average Bonchev–Trinajstić information content (AvgIpc) is 3.28. The van der Waals surface area contributed by atoms with Gasteiger partial charge in [0.15, 0.2) is 0 Å². The summed E-state index contributed by atoms with van der Waals surface area (Å²) in [6, 6.07) is 14.2. The van der Waals surface area contributed by atoms with Crippen LogP contribution in [0.2, 0.25) is 0 Å². The van der Waals surface area contributed by atoms with E-state index in [0.717, 1.165) is 35.7 Å². The Morgan fingerprint density at radius 3 is 2.92 bits per heavy atom. The van der Waals surface area contributed by atoms with Gasteiger partial charge in [0.05, 0.1) is 23.2 Å². The van der Waals surface area contributed by atoms with Gasteiger partial charge in [0.1, 0.15) is 11.9 Å². The van der Waals surface area contributed by atoms with Crippen molar-refractivity contribution in [1.29, 1.82) is 0 Å². The van der Waals surface area contributed by atoms with Crippen LogP contribution in [0.4, 0.5) is 5.82 Å². The van der Waals surface area contributed by atoms with Crippen LogP contribution in [-0.2, 0) is 6.42 Å². The van der Waals surface area contributed by atoms with Gasteiger partial charge >= 0.3 is 0 Å². The quantitative estimate of drug-likeness (QED) is 0.617. The fourth-order valence-electron chi connectivity index (χ4n) is 3.44. The fourth-order valence-corrected chi connectivity index (χ4v) is 3.44. The normalized spacial score (nSPS) is 17.2. The lowest BCUT2D eigenvalue weighted by atomic mass is 9.99. The Labute approximate surface area is 138 Å². The summed E-state index contributed by atoms with van der Waals surface area (Å²) in [7, 11) is 0. The Morgan fingerprint density at radius 1 is 1.08 bits per heavy atom. The molecule has 1 aliphatic heterocycles. The monoisotopic (exact) mass is 316 g/mol.